The van der Waals surface area contributed by atoms with Gasteiger partial charge < -0.3 is 9.73 Å². The summed E-state index contributed by atoms with van der Waals surface area (Å²) in [5, 5.41) is 2.74. The number of aromatic nitrogens is 2. The first-order chi connectivity index (χ1) is 11.1. The van der Waals surface area contributed by atoms with Crippen molar-refractivity contribution < 1.29 is 13.6 Å². The third-order valence-electron chi connectivity index (χ3n) is 3.12. The Labute approximate surface area is 136 Å². The number of furan rings is 1. The van der Waals surface area contributed by atoms with Crippen LogP contribution in [0.25, 0.3) is 11.5 Å². The Morgan fingerprint density at radius 3 is 2.83 bits per heavy atom. The molecule has 3 aromatic rings. The molecule has 5 nitrogen and oxygen atoms in total. The van der Waals surface area contributed by atoms with Gasteiger partial charge in [-0.05, 0) is 30.3 Å². The molecule has 0 spiro atoms. The van der Waals surface area contributed by atoms with Crippen molar-refractivity contribution in [1.29, 1.82) is 0 Å². The molecule has 0 aliphatic heterocycles. The van der Waals surface area contributed by atoms with E-state index < -0.39 is 11.7 Å². The lowest BCUT2D eigenvalue weighted by atomic mass is 10.2. The number of nitrogens with one attached hydrogen (secondary N) is 1. The second kappa shape index (κ2) is 6.58. The molecule has 0 aliphatic rings. The number of hydrogen-bond donors (Lipinski definition) is 1. The second-order valence-electron chi connectivity index (χ2n) is 4.64. The first-order valence-electron chi connectivity index (χ1n) is 6.72. The summed E-state index contributed by atoms with van der Waals surface area (Å²) in [6.07, 6.45) is 4.60. The number of carbonyl (C=O) groups is 1. The zero-order valence-electron chi connectivity index (χ0n) is 11.8. The molecule has 23 heavy (non-hydrogen) atoms. The number of carbonyl (C=O) groups excluding carboxylic acids is 1. The summed E-state index contributed by atoms with van der Waals surface area (Å²) in [7, 11) is 0. The zero-order chi connectivity index (χ0) is 16.2. The zero-order valence-corrected chi connectivity index (χ0v) is 12.5. The van der Waals surface area contributed by atoms with Gasteiger partial charge in [0.2, 0.25) is 0 Å². The van der Waals surface area contributed by atoms with E-state index in [4.69, 9.17) is 16.0 Å². The van der Waals surface area contributed by atoms with Gasteiger partial charge in [-0.25, -0.2) is 9.37 Å². The molecule has 0 aliphatic carbocycles. The Hall–Kier alpha value is -2.73. The molecule has 2 heterocycles. The van der Waals surface area contributed by atoms with Crippen LogP contribution in [0.1, 0.15) is 16.1 Å². The van der Waals surface area contributed by atoms with Crippen LogP contribution >= 0.6 is 11.6 Å². The van der Waals surface area contributed by atoms with Crippen molar-refractivity contribution in [3.8, 4) is 11.5 Å². The molecule has 0 radical (unpaired) electrons. The normalized spacial score (nSPS) is 10.5. The van der Waals surface area contributed by atoms with E-state index in [0.29, 0.717) is 17.1 Å². The van der Waals surface area contributed by atoms with Gasteiger partial charge in [0.1, 0.15) is 11.5 Å². The summed E-state index contributed by atoms with van der Waals surface area (Å²) in [5.74, 6) is -0.367. The van der Waals surface area contributed by atoms with E-state index >= 15 is 0 Å². The van der Waals surface area contributed by atoms with E-state index in [1.54, 1.807) is 18.3 Å². The van der Waals surface area contributed by atoms with Crippen LogP contribution in [0.4, 0.5) is 4.39 Å². The average molecular weight is 332 g/mol. The van der Waals surface area contributed by atoms with E-state index in [1.807, 2.05) is 0 Å². The topological polar surface area (TPSA) is 68.0 Å². The highest BCUT2D eigenvalue weighted by Gasteiger charge is 2.14. The Kier molecular flexibility index (Phi) is 4.34. The number of benzene rings is 1. The van der Waals surface area contributed by atoms with Crippen LogP contribution in [-0.2, 0) is 6.54 Å². The van der Waals surface area contributed by atoms with Gasteiger partial charge in [-0.15, -0.1) is 0 Å². The molecule has 1 aromatic carbocycles. The van der Waals surface area contributed by atoms with E-state index in [0.717, 1.165) is 6.07 Å². The highest BCUT2D eigenvalue weighted by molar-refractivity contribution is 6.33. The van der Waals surface area contributed by atoms with Crippen molar-refractivity contribution in [3.63, 3.8) is 0 Å². The largest absolute Gasteiger partial charge is 0.463 e. The Bertz CT molecular complexity index is 837. The smallest absolute Gasteiger partial charge is 0.253 e. The van der Waals surface area contributed by atoms with Gasteiger partial charge in [0, 0.05) is 12.4 Å². The molecule has 0 saturated carbocycles. The summed E-state index contributed by atoms with van der Waals surface area (Å²) < 4.78 is 18.3. The number of amides is 1. The van der Waals surface area contributed by atoms with Gasteiger partial charge in [0.15, 0.2) is 5.76 Å². The van der Waals surface area contributed by atoms with Crippen LogP contribution in [0.5, 0.6) is 0 Å². The van der Waals surface area contributed by atoms with Crippen molar-refractivity contribution >= 4 is 17.5 Å². The summed E-state index contributed by atoms with van der Waals surface area (Å²) in [6.45, 7) is 0.135. The van der Waals surface area contributed by atoms with E-state index in [2.05, 4.69) is 15.3 Å². The molecule has 0 atom stereocenters. The maximum Gasteiger partial charge on any atom is 0.253 e. The summed E-state index contributed by atoms with van der Waals surface area (Å²) >= 11 is 5.87. The third-order valence-corrected chi connectivity index (χ3v) is 3.43. The minimum atomic E-state index is -0.499. The lowest BCUT2D eigenvalue weighted by Gasteiger charge is -2.08. The minimum absolute atomic E-state index is 0.0490. The maximum atomic E-state index is 13.0. The molecule has 0 unspecified atom stereocenters. The van der Waals surface area contributed by atoms with E-state index in [9.17, 15) is 9.18 Å². The van der Waals surface area contributed by atoms with E-state index in [-0.39, 0.29) is 17.1 Å². The summed E-state index contributed by atoms with van der Waals surface area (Å²) in [5.41, 5.74) is 1.29. The van der Waals surface area contributed by atoms with Crippen molar-refractivity contribution in [2.75, 3.05) is 0 Å². The van der Waals surface area contributed by atoms with E-state index in [1.165, 1.54) is 24.6 Å². The predicted octanol–water partition coefficient (Wildman–Crippen LogP) is 3.46. The fraction of sp³-hybridized carbons (Fsp3) is 0.0625. The Morgan fingerprint density at radius 1 is 1.26 bits per heavy atom. The third kappa shape index (κ3) is 3.37. The number of halogens is 2. The van der Waals surface area contributed by atoms with Crippen LogP contribution < -0.4 is 5.32 Å². The fourth-order valence-corrected chi connectivity index (χ4v) is 2.30. The van der Waals surface area contributed by atoms with Crippen LogP contribution in [0.2, 0.25) is 5.02 Å². The first kappa shape index (κ1) is 15.2. The molecule has 116 valence electrons. The van der Waals surface area contributed by atoms with Crippen LogP contribution in [-0.4, -0.2) is 15.9 Å². The quantitative estimate of drug-likeness (QED) is 0.795. The van der Waals surface area contributed by atoms with Crippen LogP contribution in [0.15, 0.2) is 53.4 Å². The number of hydrogen-bond acceptors (Lipinski definition) is 4. The average Bonchev–Trinajstić information content (AvgIpc) is 3.07. The van der Waals surface area contributed by atoms with Gasteiger partial charge in [0.25, 0.3) is 5.91 Å². The molecule has 1 N–H and O–H groups in total. The van der Waals surface area contributed by atoms with Gasteiger partial charge in [0.05, 0.1) is 29.1 Å². The maximum absolute atomic E-state index is 13.0. The molecular weight excluding hydrogens is 321 g/mol. The van der Waals surface area contributed by atoms with Crippen molar-refractivity contribution in [2.24, 2.45) is 0 Å². The molecule has 1 amide bonds. The molecular formula is C16H11ClFN3O2. The van der Waals surface area contributed by atoms with Gasteiger partial charge in [-0.3, -0.25) is 9.78 Å². The van der Waals surface area contributed by atoms with Crippen LogP contribution in [0, 0.1) is 5.82 Å². The highest BCUT2D eigenvalue weighted by atomic mass is 35.5. The molecule has 3 rings (SSSR count). The van der Waals surface area contributed by atoms with Gasteiger partial charge in [-0.1, -0.05) is 11.6 Å². The molecule has 0 fully saturated rings. The molecule has 2 aromatic heterocycles. The molecule has 0 saturated heterocycles. The van der Waals surface area contributed by atoms with Gasteiger partial charge >= 0.3 is 0 Å². The standard InChI is InChI=1S/C16H11ClFN3O2/c17-12-8-10(18)3-4-11(12)16(22)21-9-13-15(20-6-5-19-13)14-2-1-7-23-14/h1-8H,9H2,(H,21,22). The lowest BCUT2D eigenvalue weighted by Crippen LogP contribution is -2.24. The minimum Gasteiger partial charge on any atom is -0.463 e. The number of nitrogens with zero attached hydrogens (tertiary/aromatic N) is 2. The SMILES string of the molecule is O=C(NCc1nccnc1-c1ccco1)c1ccc(F)cc1Cl. The Morgan fingerprint density at radius 2 is 2.09 bits per heavy atom. The second-order valence-corrected chi connectivity index (χ2v) is 5.04. The molecule has 7 heteroatoms. The first-order valence-corrected chi connectivity index (χ1v) is 7.10. The fourth-order valence-electron chi connectivity index (χ4n) is 2.05. The van der Waals surface area contributed by atoms with Crippen molar-refractivity contribution in [1.82, 2.24) is 15.3 Å². The van der Waals surface area contributed by atoms with Crippen molar-refractivity contribution in [2.45, 2.75) is 6.54 Å². The number of rotatable bonds is 4. The molecule has 0 bridgehead atoms. The van der Waals surface area contributed by atoms with Crippen LogP contribution in [0.3, 0.4) is 0 Å². The Balaban J connectivity index is 1.77. The van der Waals surface area contributed by atoms with Crippen molar-refractivity contribution in [3.05, 3.63) is 71.1 Å². The monoisotopic (exact) mass is 331 g/mol. The highest BCUT2D eigenvalue weighted by Crippen LogP contribution is 2.20. The summed E-state index contributed by atoms with van der Waals surface area (Å²) in [4.78, 5) is 20.6. The summed E-state index contributed by atoms with van der Waals surface area (Å²) in [6, 6.07) is 7.10. The van der Waals surface area contributed by atoms with Gasteiger partial charge in [-0.2, -0.15) is 0 Å². The lowest BCUT2D eigenvalue weighted by molar-refractivity contribution is 0.0950. The predicted molar refractivity (Wildman–Crippen MR) is 82.3 cm³/mol.